The average Bonchev–Trinajstić information content (AvgIpc) is 2.46. The van der Waals surface area contributed by atoms with Gasteiger partial charge >= 0.3 is 5.97 Å². The van der Waals surface area contributed by atoms with E-state index in [4.69, 9.17) is 9.47 Å². The van der Waals surface area contributed by atoms with Crippen molar-refractivity contribution < 1.29 is 24.2 Å². The molecule has 1 amide bonds. The summed E-state index contributed by atoms with van der Waals surface area (Å²) in [6.45, 7) is 5.62. The fourth-order valence-corrected chi connectivity index (χ4v) is 2.15. The molecule has 1 atom stereocenters. The zero-order valence-electron chi connectivity index (χ0n) is 13.6. The number of amides is 1. The Balaban J connectivity index is 3.04. The molecule has 0 saturated heterocycles. The number of carbonyl (C=O) groups is 2. The van der Waals surface area contributed by atoms with Crippen LogP contribution < -0.4 is 14.8 Å². The molecule has 0 spiro atoms. The van der Waals surface area contributed by atoms with Gasteiger partial charge < -0.3 is 19.9 Å². The van der Waals surface area contributed by atoms with Gasteiger partial charge in [0.25, 0.3) is 5.91 Å². The van der Waals surface area contributed by atoms with Crippen molar-refractivity contribution in [3.63, 3.8) is 0 Å². The SMILES string of the molecule is COc1cc(C(=O)N[C@H](CC(C)C)C(=O)O)cc(OC)c1C. The second kappa shape index (κ2) is 7.68. The first-order chi connectivity index (χ1) is 10.3. The van der Waals surface area contributed by atoms with E-state index < -0.39 is 17.9 Å². The lowest BCUT2D eigenvalue weighted by Crippen LogP contribution is -2.41. The van der Waals surface area contributed by atoms with Gasteiger partial charge in [0.1, 0.15) is 17.5 Å². The highest BCUT2D eigenvalue weighted by Gasteiger charge is 2.23. The van der Waals surface area contributed by atoms with E-state index in [1.165, 1.54) is 14.2 Å². The molecule has 2 N–H and O–H groups in total. The standard InChI is InChI=1S/C16H23NO5/c1-9(2)6-12(16(19)20)17-15(18)11-7-13(21-4)10(3)14(8-11)22-5/h7-9,12H,6H2,1-5H3,(H,17,18)(H,19,20)/t12-/m1/s1. The molecule has 0 heterocycles. The van der Waals surface area contributed by atoms with Crippen LogP contribution >= 0.6 is 0 Å². The lowest BCUT2D eigenvalue weighted by Gasteiger charge is -2.17. The first kappa shape index (κ1) is 17.8. The van der Waals surface area contributed by atoms with Crippen LogP contribution in [0.15, 0.2) is 12.1 Å². The zero-order chi connectivity index (χ0) is 16.9. The lowest BCUT2D eigenvalue weighted by molar-refractivity contribution is -0.139. The summed E-state index contributed by atoms with van der Waals surface area (Å²) < 4.78 is 10.4. The number of rotatable bonds is 7. The number of methoxy groups -OCH3 is 2. The topological polar surface area (TPSA) is 84.9 Å². The Bertz CT molecular complexity index is 528. The maximum atomic E-state index is 12.3. The normalized spacial score (nSPS) is 11.9. The summed E-state index contributed by atoms with van der Waals surface area (Å²) in [5.41, 5.74) is 1.08. The molecular formula is C16H23NO5. The molecule has 122 valence electrons. The predicted octanol–water partition coefficient (Wildman–Crippen LogP) is 2.24. The molecule has 0 saturated carbocycles. The average molecular weight is 309 g/mol. The minimum Gasteiger partial charge on any atom is -0.496 e. The van der Waals surface area contributed by atoms with Gasteiger partial charge in [-0.3, -0.25) is 4.79 Å². The molecule has 1 aromatic carbocycles. The number of carboxylic acids is 1. The van der Waals surface area contributed by atoms with E-state index in [0.717, 1.165) is 5.56 Å². The van der Waals surface area contributed by atoms with Crippen molar-refractivity contribution in [3.8, 4) is 11.5 Å². The Morgan fingerprint density at radius 1 is 1.18 bits per heavy atom. The summed E-state index contributed by atoms with van der Waals surface area (Å²) in [4.78, 5) is 23.5. The maximum absolute atomic E-state index is 12.3. The number of carboxylic acid groups (broad SMARTS) is 1. The van der Waals surface area contributed by atoms with Crippen LogP contribution in [0.4, 0.5) is 0 Å². The Kier molecular flexibility index (Phi) is 6.22. The zero-order valence-corrected chi connectivity index (χ0v) is 13.6. The number of nitrogens with one attached hydrogen (secondary N) is 1. The third kappa shape index (κ3) is 4.38. The summed E-state index contributed by atoms with van der Waals surface area (Å²) in [5, 5.41) is 11.7. The lowest BCUT2D eigenvalue weighted by atomic mass is 10.0. The molecule has 6 heteroatoms. The summed E-state index contributed by atoms with van der Waals surface area (Å²) in [5.74, 6) is -0.332. The van der Waals surface area contributed by atoms with Crippen molar-refractivity contribution >= 4 is 11.9 Å². The van der Waals surface area contributed by atoms with Gasteiger partial charge in [-0.05, 0) is 31.4 Å². The monoisotopic (exact) mass is 309 g/mol. The number of carbonyl (C=O) groups excluding carboxylic acids is 1. The Morgan fingerprint density at radius 3 is 2.05 bits per heavy atom. The predicted molar refractivity (Wildman–Crippen MR) is 82.6 cm³/mol. The van der Waals surface area contributed by atoms with Crippen molar-refractivity contribution in [3.05, 3.63) is 23.3 Å². The summed E-state index contributed by atoms with van der Waals surface area (Å²) in [7, 11) is 3.00. The van der Waals surface area contributed by atoms with Crippen LogP contribution in [0, 0.1) is 12.8 Å². The fourth-order valence-electron chi connectivity index (χ4n) is 2.15. The van der Waals surface area contributed by atoms with Crippen molar-refractivity contribution in [2.24, 2.45) is 5.92 Å². The molecule has 0 aromatic heterocycles. The molecule has 0 unspecified atom stereocenters. The molecule has 0 radical (unpaired) electrons. The van der Waals surface area contributed by atoms with Gasteiger partial charge in [-0.2, -0.15) is 0 Å². The number of aliphatic carboxylic acids is 1. The second-order valence-electron chi connectivity index (χ2n) is 5.50. The van der Waals surface area contributed by atoms with Gasteiger partial charge in [-0.15, -0.1) is 0 Å². The fraction of sp³-hybridized carbons (Fsp3) is 0.500. The molecule has 1 aromatic rings. The number of hydrogen-bond acceptors (Lipinski definition) is 4. The van der Waals surface area contributed by atoms with Crippen LogP contribution in [-0.4, -0.2) is 37.2 Å². The largest absolute Gasteiger partial charge is 0.496 e. The van der Waals surface area contributed by atoms with Gasteiger partial charge in [0.15, 0.2) is 0 Å². The van der Waals surface area contributed by atoms with Crippen LogP contribution in [0.5, 0.6) is 11.5 Å². The van der Waals surface area contributed by atoms with Crippen LogP contribution in [0.2, 0.25) is 0 Å². The van der Waals surface area contributed by atoms with Crippen molar-refractivity contribution in [1.82, 2.24) is 5.32 Å². The van der Waals surface area contributed by atoms with E-state index in [0.29, 0.717) is 23.5 Å². The molecule has 0 aliphatic carbocycles. The quantitative estimate of drug-likeness (QED) is 0.807. The molecular weight excluding hydrogens is 286 g/mol. The third-order valence-electron chi connectivity index (χ3n) is 3.32. The summed E-state index contributed by atoms with van der Waals surface area (Å²) in [6.07, 6.45) is 0.362. The Hall–Kier alpha value is -2.24. The molecule has 0 aliphatic heterocycles. The van der Waals surface area contributed by atoms with Crippen LogP contribution in [0.25, 0.3) is 0 Å². The van der Waals surface area contributed by atoms with E-state index in [1.54, 1.807) is 12.1 Å². The molecule has 22 heavy (non-hydrogen) atoms. The summed E-state index contributed by atoms with van der Waals surface area (Å²) in [6, 6.07) is 2.22. The van der Waals surface area contributed by atoms with Crippen molar-refractivity contribution in [2.75, 3.05) is 14.2 Å². The van der Waals surface area contributed by atoms with E-state index >= 15 is 0 Å². The molecule has 0 aliphatic rings. The molecule has 0 bridgehead atoms. The number of benzene rings is 1. The molecule has 1 rings (SSSR count). The highest BCUT2D eigenvalue weighted by Crippen LogP contribution is 2.29. The van der Waals surface area contributed by atoms with E-state index in [1.807, 2.05) is 20.8 Å². The third-order valence-corrected chi connectivity index (χ3v) is 3.32. The second-order valence-corrected chi connectivity index (χ2v) is 5.50. The van der Waals surface area contributed by atoms with Crippen LogP contribution in [-0.2, 0) is 4.79 Å². The van der Waals surface area contributed by atoms with Gasteiger partial charge in [0, 0.05) is 11.1 Å². The first-order valence-electron chi connectivity index (χ1n) is 7.06. The van der Waals surface area contributed by atoms with Crippen LogP contribution in [0.1, 0.15) is 36.2 Å². The molecule has 0 fully saturated rings. The van der Waals surface area contributed by atoms with Crippen molar-refractivity contribution in [1.29, 1.82) is 0 Å². The maximum Gasteiger partial charge on any atom is 0.326 e. The minimum atomic E-state index is -1.05. The smallest absolute Gasteiger partial charge is 0.326 e. The highest BCUT2D eigenvalue weighted by molar-refractivity contribution is 5.97. The molecule has 6 nitrogen and oxygen atoms in total. The van der Waals surface area contributed by atoms with Gasteiger partial charge in [0.2, 0.25) is 0 Å². The summed E-state index contributed by atoms with van der Waals surface area (Å²) >= 11 is 0. The number of ether oxygens (including phenoxy) is 2. The van der Waals surface area contributed by atoms with E-state index in [-0.39, 0.29) is 5.92 Å². The Morgan fingerprint density at radius 2 is 1.68 bits per heavy atom. The Labute approximate surface area is 130 Å². The first-order valence-corrected chi connectivity index (χ1v) is 7.06. The minimum absolute atomic E-state index is 0.156. The van der Waals surface area contributed by atoms with Gasteiger partial charge in [-0.25, -0.2) is 4.79 Å². The van der Waals surface area contributed by atoms with Crippen molar-refractivity contribution in [2.45, 2.75) is 33.2 Å². The highest BCUT2D eigenvalue weighted by atomic mass is 16.5. The van der Waals surface area contributed by atoms with Gasteiger partial charge in [0.05, 0.1) is 14.2 Å². The van der Waals surface area contributed by atoms with Gasteiger partial charge in [-0.1, -0.05) is 13.8 Å². The van der Waals surface area contributed by atoms with Crippen LogP contribution in [0.3, 0.4) is 0 Å². The van der Waals surface area contributed by atoms with E-state index in [2.05, 4.69) is 5.32 Å². The number of hydrogen-bond donors (Lipinski definition) is 2. The van der Waals surface area contributed by atoms with E-state index in [9.17, 15) is 14.7 Å².